The maximum Gasteiger partial charge on any atom is 0.246 e. The Morgan fingerprint density at radius 1 is 1.50 bits per heavy atom. The lowest BCUT2D eigenvalue weighted by Gasteiger charge is -2.23. The number of amides is 1. The summed E-state index contributed by atoms with van der Waals surface area (Å²) in [7, 11) is 0. The molecule has 1 heterocycles. The van der Waals surface area contributed by atoms with Crippen molar-refractivity contribution in [2.75, 3.05) is 19.6 Å². The Labute approximate surface area is 98.2 Å². The summed E-state index contributed by atoms with van der Waals surface area (Å²) in [5, 5.41) is 3.41. The zero-order valence-corrected chi connectivity index (χ0v) is 10.3. The Balaban J connectivity index is 2.42. The molecule has 0 aliphatic carbocycles. The number of allylic oxidation sites excluding steroid dienone is 3. The smallest absolute Gasteiger partial charge is 0.246 e. The fraction of sp³-hybridized carbons (Fsp3) is 0.615. The molecular formula is C13H22N2O. The largest absolute Gasteiger partial charge is 0.338 e. The van der Waals surface area contributed by atoms with Gasteiger partial charge in [0.05, 0.1) is 0 Å². The SMILES string of the molecule is CC=C/C=C/C(=O)N(CC)CC1CCCN1. The van der Waals surface area contributed by atoms with Crippen molar-refractivity contribution in [2.24, 2.45) is 0 Å². The highest BCUT2D eigenvalue weighted by Gasteiger charge is 2.18. The Hall–Kier alpha value is -1.09. The summed E-state index contributed by atoms with van der Waals surface area (Å²) in [5.74, 6) is 0.106. The van der Waals surface area contributed by atoms with Gasteiger partial charge in [0.25, 0.3) is 0 Å². The van der Waals surface area contributed by atoms with Gasteiger partial charge in [0.2, 0.25) is 5.91 Å². The molecule has 3 nitrogen and oxygen atoms in total. The molecule has 1 amide bonds. The number of carbonyl (C=O) groups excluding carboxylic acids is 1. The van der Waals surface area contributed by atoms with Crippen LogP contribution >= 0.6 is 0 Å². The number of nitrogens with zero attached hydrogens (tertiary/aromatic N) is 1. The first kappa shape index (κ1) is 13.0. The molecule has 16 heavy (non-hydrogen) atoms. The molecule has 3 heteroatoms. The molecule has 1 rings (SSSR count). The van der Waals surface area contributed by atoms with Gasteiger partial charge in [0.1, 0.15) is 0 Å². The Morgan fingerprint density at radius 2 is 2.31 bits per heavy atom. The van der Waals surface area contributed by atoms with Crippen molar-refractivity contribution in [3.05, 3.63) is 24.3 Å². The van der Waals surface area contributed by atoms with E-state index in [-0.39, 0.29) is 5.91 Å². The molecule has 1 saturated heterocycles. The number of hydrogen-bond acceptors (Lipinski definition) is 2. The third-order valence-electron chi connectivity index (χ3n) is 2.84. The van der Waals surface area contributed by atoms with Crippen LogP contribution in [0, 0.1) is 0 Å². The van der Waals surface area contributed by atoms with Crippen LogP contribution < -0.4 is 5.32 Å². The van der Waals surface area contributed by atoms with E-state index in [0.717, 1.165) is 19.6 Å². The molecule has 1 atom stereocenters. The van der Waals surface area contributed by atoms with E-state index >= 15 is 0 Å². The summed E-state index contributed by atoms with van der Waals surface area (Å²) in [6.07, 6.45) is 9.64. The summed E-state index contributed by atoms with van der Waals surface area (Å²) < 4.78 is 0. The average molecular weight is 222 g/mol. The van der Waals surface area contributed by atoms with Crippen LogP contribution in [0.3, 0.4) is 0 Å². The summed E-state index contributed by atoms with van der Waals surface area (Å²) in [6.45, 7) is 6.66. The van der Waals surface area contributed by atoms with Crippen LogP contribution in [0.4, 0.5) is 0 Å². The fourth-order valence-corrected chi connectivity index (χ4v) is 1.91. The van der Waals surface area contributed by atoms with E-state index in [4.69, 9.17) is 0 Å². The van der Waals surface area contributed by atoms with Crippen molar-refractivity contribution in [1.82, 2.24) is 10.2 Å². The van der Waals surface area contributed by atoms with E-state index in [1.54, 1.807) is 12.2 Å². The van der Waals surface area contributed by atoms with Gasteiger partial charge < -0.3 is 10.2 Å². The molecule has 1 unspecified atom stereocenters. The first-order chi connectivity index (χ1) is 7.77. The standard InChI is InChI=1S/C13H22N2O/c1-3-5-6-9-13(16)15(4-2)11-12-8-7-10-14-12/h3,5-6,9,12,14H,4,7-8,10-11H2,1-2H3/b5-3?,9-6+. The second-order valence-corrected chi connectivity index (χ2v) is 4.06. The highest BCUT2D eigenvalue weighted by molar-refractivity contribution is 5.87. The molecular weight excluding hydrogens is 200 g/mol. The molecule has 0 saturated carbocycles. The van der Waals surface area contributed by atoms with Crippen molar-refractivity contribution in [2.45, 2.75) is 32.7 Å². The lowest BCUT2D eigenvalue weighted by molar-refractivity contribution is -0.126. The zero-order valence-electron chi connectivity index (χ0n) is 10.3. The lowest BCUT2D eigenvalue weighted by Crippen LogP contribution is -2.40. The van der Waals surface area contributed by atoms with Crippen LogP contribution in [0.1, 0.15) is 26.7 Å². The van der Waals surface area contributed by atoms with Crippen molar-refractivity contribution in [3.63, 3.8) is 0 Å². The van der Waals surface area contributed by atoms with Crippen LogP contribution in [0.25, 0.3) is 0 Å². The van der Waals surface area contributed by atoms with E-state index in [1.165, 1.54) is 12.8 Å². The molecule has 0 aromatic heterocycles. The predicted octanol–water partition coefficient (Wildman–Crippen LogP) is 1.72. The maximum absolute atomic E-state index is 11.8. The van der Waals surface area contributed by atoms with Gasteiger partial charge in [0.15, 0.2) is 0 Å². The first-order valence-electron chi connectivity index (χ1n) is 6.09. The van der Waals surface area contributed by atoms with Gasteiger partial charge in [-0.05, 0) is 33.2 Å². The lowest BCUT2D eigenvalue weighted by atomic mass is 10.2. The normalized spacial score (nSPS) is 21.0. The molecule has 0 radical (unpaired) electrons. The number of hydrogen-bond donors (Lipinski definition) is 1. The Kier molecular flexibility index (Phi) is 5.86. The molecule has 1 N–H and O–H groups in total. The van der Waals surface area contributed by atoms with E-state index in [1.807, 2.05) is 30.9 Å². The van der Waals surface area contributed by atoms with Gasteiger partial charge >= 0.3 is 0 Å². The Bertz CT molecular complexity index is 265. The van der Waals surface area contributed by atoms with Crippen molar-refractivity contribution in [1.29, 1.82) is 0 Å². The Morgan fingerprint density at radius 3 is 2.88 bits per heavy atom. The molecule has 0 aromatic rings. The van der Waals surface area contributed by atoms with E-state index < -0.39 is 0 Å². The van der Waals surface area contributed by atoms with Crippen LogP contribution in [0.2, 0.25) is 0 Å². The molecule has 0 bridgehead atoms. The minimum atomic E-state index is 0.106. The second kappa shape index (κ2) is 7.23. The maximum atomic E-state index is 11.8. The molecule has 90 valence electrons. The van der Waals surface area contributed by atoms with E-state index in [2.05, 4.69) is 5.32 Å². The van der Waals surface area contributed by atoms with Gasteiger partial charge in [-0.2, -0.15) is 0 Å². The molecule has 0 aromatic carbocycles. The van der Waals surface area contributed by atoms with Crippen LogP contribution in [-0.4, -0.2) is 36.5 Å². The van der Waals surface area contributed by atoms with Crippen molar-refractivity contribution < 1.29 is 4.79 Å². The van der Waals surface area contributed by atoms with Gasteiger partial charge in [-0.15, -0.1) is 0 Å². The van der Waals surface area contributed by atoms with E-state index in [0.29, 0.717) is 6.04 Å². The van der Waals surface area contributed by atoms with Crippen LogP contribution in [0.5, 0.6) is 0 Å². The third kappa shape index (κ3) is 4.19. The summed E-state index contributed by atoms with van der Waals surface area (Å²) in [5.41, 5.74) is 0. The van der Waals surface area contributed by atoms with Gasteiger partial charge in [-0.25, -0.2) is 0 Å². The topological polar surface area (TPSA) is 32.3 Å². The molecule has 1 aliphatic heterocycles. The fourth-order valence-electron chi connectivity index (χ4n) is 1.91. The predicted molar refractivity (Wildman–Crippen MR) is 67.2 cm³/mol. The van der Waals surface area contributed by atoms with E-state index in [9.17, 15) is 4.79 Å². The van der Waals surface area contributed by atoms with Crippen LogP contribution in [0.15, 0.2) is 24.3 Å². The van der Waals surface area contributed by atoms with Gasteiger partial charge in [0, 0.05) is 25.2 Å². The van der Waals surface area contributed by atoms with Crippen molar-refractivity contribution in [3.8, 4) is 0 Å². The highest BCUT2D eigenvalue weighted by Crippen LogP contribution is 2.07. The van der Waals surface area contributed by atoms with Crippen LogP contribution in [-0.2, 0) is 4.79 Å². The highest BCUT2D eigenvalue weighted by atomic mass is 16.2. The van der Waals surface area contributed by atoms with Crippen molar-refractivity contribution >= 4 is 5.91 Å². The first-order valence-corrected chi connectivity index (χ1v) is 6.09. The number of rotatable bonds is 5. The summed E-state index contributed by atoms with van der Waals surface area (Å²) in [6, 6.07) is 0.485. The number of likely N-dealkylation sites (N-methyl/N-ethyl adjacent to an activating group) is 1. The molecule has 1 fully saturated rings. The zero-order chi connectivity index (χ0) is 11.8. The molecule has 0 spiro atoms. The number of carbonyl (C=O) groups is 1. The minimum Gasteiger partial charge on any atom is -0.338 e. The third-order valence-corrected chi connectivity index (χ3v) is 2.84. The summed E-state index contributed by atoms with van der Waals surface area (Å²) in [4.78, 5) is 13.7. The quantitative estimate of drug-likeness (QED) is 0.567. The van der Waals surface area contributed by atoms with Gasteiger partial charge in [-0.1, -0.05) is 18.2 Å². The minimum absolute atomic E-state index is 0.106. The monoisotopic (exact) mass is 222 g/mol. The average Bonchev–Trinajstić information content (AvgIpc) is 2.78. The number of nitrogens with one attached hydrogen (secondary N) is 1. The summed E-state index contributed by atoms with van der Waals surface area (Å²) >= 11 is 0. The van der Waals surface area contributed by atoms with Gasteiger partial charge in [-0.3, -0.25) is 4.79 Å². The molecule has 1 aliphatic rings. The second-order valence-electron chi connectivity index (χ2n) is 4.06.